The minimum Gasteiger partial charge on any atom is -0.507 e. The predicted octanol–water partition coefficient (Wildman–Crippen LogP) is 5.28. The van der Waals surface area contributed by atoms with Crippen LogP contribution in [-0.4, -0.2) is 54.4 Å². The monoisotopic (exact) mass is 732 g/mol. The molecule has 0 radical (unpaired) electrons. The number of phenolic OH excluding ortho intramolecular Hbond substituents is 1. The van der Waals surface area contributed by atoms with Gasteiger partial charge in [-0.15, -0.1) is 5.11 Å². The van der Waals surface area contributed by atoms with Crippen LogP contribution in [0.15, 0.2) is 104 Å². The van der Waals surface area contributed by atoms with Crippen LogP contribution in [0.3, 0.4) is 0 Å². The molecule has 17 nitrogen and oxygen atoms in total. The van der Waals surface area contributed by atoms with Crippen molar-refractivity contribution in [1.29, 1.82) is 0 Å². The summed E-state index contributed by atoms with van der Waals surface area (Å²) in [5.74, 6) is -0.630. The number of nitrogen functional groups attached to an aromatic ring is 1. The van der Waals surface area contributed by atoms with Crippen LogP contribution in [0.4, 0.5) is 40.3 Å². The quantitative estimate of drug-likeness (QED) is 0.0605. The van der Waals surface area contributed by atoms with Crippen molar-refractivity contribution >= 4 is 92.8 Å². The molecular weight excluding hydrogens is 712 g/mol. The maximum Gasteiger partial charge on any atom is 0.296 e. The van der Waals surface area contributed by atoms with Gasteiger partial charge < -0.3 is 21.5 Å². The summed E-state index contributed by atoms with van der Waals surface area (Å²) in [6, 6.07) is 14.2. The van der Waals surface area contributed by atoms with Crippen molar-refractivity contribution in [2.75, 3.05) is 16.4 Å². The van der Waals surface area contributed by atoms with Crippen LogP contribution in [-0.2, 0) is 30.1 Å². The van der Waals surface area contributed by atoms with Crippen LogP contribution < -0.4 is 16.4 Å². The van der Waals surface area contributed by atoms with E-state index in [2.05, 4.69) is 42.4 Å². The summed E-state index contributed by atoms with van der Waals surface area (Å²) in [7, 11) is -13.4. The van der Waals surface area contributed by atoms with Crippen molar-refractivity contribution in [3.8, 4) is 5.75 Å². The average Bonchev–Trinajstić information content (AvgIpc) is 3.00. The van der Waals surface area contributed by atoms with Crippen LogP contribution in [0.2, 0.25) is 5.28 Å². The summed E-state index contributed by atoms with van der Waals surface area (Å²) in [6.45, 7) is 3.29. The molecule has 0 amide bonds. The average molecular weight is 733 g/mol. The number of anilines is 5. The van der Waals surface area contributed by atoms with Crippen LogP contribution in [0.1, 0.15) is 0 Å². The molecule has 0 bridgehead atoms. The van der Waals surface area contributed by atoms with Crippen molar-refractivity contribution in [2.45, 2.75) is 14.7 Å². The van der Waals surface area contributed by atoms with E-state index in [1.54, 1.807) is 12.1 Å². The Balaban J connectivity index is 1.40. The summed E-state index contributed by atoms with van der Waals surface area (Å²) in [5.41, 5.74) is 6.09. The van der Waals surface area contributed by atoms with Gasteiger partial charge in [-0.3, -0.25) is 9.11 Å². The zero-order chi connectivity index (χ0) is 35.0. The van der Waals surface area contributed by atoms with E-state index in [-0.39, 0.29) is 38.5 Å². The first kappa shape index (κ1) is 34.1. The Kier molecular flexibility index (Phi) is 9.05. The predicted molar refractivity (Wildman–Crippen MR) is 175 cm³/mol. The molecule has 0 atom stereocenters. The first-order chi connectivity index (χ1) is 22.4. The number of nitrogens with zero attached hydrogens (tertiary/aromatic N) is 5. The minimum absolute atomic E-state index is 0.0405. The van der Waals surface area contributed by atoms with E-state index in [1.165, 1.54) is 36.4 Å². The van der Waals surface area contributed by atoms with Gasteiger partial charge in [0.15, 0.2) is 9.84 Å². The number of hydrogen-bond acceptors (Lipinski definition) is 15. The van der Waals surface area contributed by atoms with E-state index in [1.807, 2.05) is 0 Å². The van der Waals surface area contributed by atoms with Crippen LogP contribution in [0, 0.1) is 0 Å². The fourth-order valence-corrected chi connectivity index (χ4v) is 6.25. The van der Waals surface area contributed by atoms with Crippen molar-refractivity contribution < 1.29 is 39.5 Å². The lowest BCUT2D eigenvalue weighted by Gasteiger charge is -2.12. The molecule has 0 aliphatic rings. The fraction of sp³-hybridized carbons (Fsp3) is 0. The first-order valence-electron chi connectivity index (χ1n) is 12.9. The van der Waals surface area contributed by atoms with Crippen molar-refractivity contribution in [3.63, 3.8) is 0 Å². The lowest BCUT2D eigenvalue weighted by molar-refractivity contribution is 0.471. The third-order valence-electron chi connectivity index (χ3n) is 6.40. The highest BCUT2D eigenvalue weighted by molar-refractivity contribution is 7.94. The number of nitrogens with one attached hydrogen (secondary N) is 2. The number of aromatic nitrogens is 3. The number of nitrogens with two attached hydrogens (primary N) is 1. The molecule has 4 aromatic carbocycles. The number of benzene rings is 4. The SMILES string of the molecule is C=CS(=O)(=O)c1ccc(Nc2nc(Cl)nc(Nc3ccc(N=Nc4c(N)c(S(=O)(=O)O)cc5cc(S(=O)(=O)O)cc(O)c45)cc3)n2)cc1. The third-order valence-corrected chi connectivity index (χ3v) is 9.66. The molecule has 0 spiro atoms. The number of azo groups is 1. The normalized spacial score (nSPS) is 12.3. The Morgan fingerprint density at radius 3 is 1.85 bits per heavy atom. The maximum absolute atomic E-state index is 12.0. The van der Waals surface area contributed by atoms with E-state index in [0.29, 0.717) is 17.4 Å². The molecule has 0 fully saturated rings. The molecule has 48 heavy (non-hydrogen) atoms. The van der Waals surface area contributed by atoms with Crippen LogP contribution >= 0.6 is 11.6 Å². The van der Waals surface area contributed by atoms with E-state index in [9.17, 15) is 39.5 Å². The molecule has 248 valence electrons. The molecule has 5 rings (SSSR count). The summed E-state index contributed by atoms with van der Waals surface area (Å²) in [6.07, 6.45) is 0. The molecule has 0 aliphatic heterocycles. The van der Waals surface area contributed by atoms with E-state index >= 15 is 0 Å². The Labute approximate surface area is 277 Å². The molecule has 7 N–H and O–H groups in total. The van der Waals surface area contributed by atoms with Crippen LogP contribution in [0.25, 0.3) is 10.8 Å². The van der Waals surface area contributed by atoms with Gasteiger partial charge in [0.1, 0.15) is 16.3 Å². The van der Waals surface area contributed by atoms with E-state index < -0.39 is 57.0 Å². The molecule has 0 unspecified atom stereocenters. The van der Waals surface area contributed by atoms with E-state index in [4.69, 9.17) is 17.3 Å². The summed E-state index contributed by atoms with van der Waals surface area (Å²) in [4.78, 5) is 10.7. The highest BCUT2D eigenvalue weighted by Gasteiger charge is 2.24. The topological polar surface area (TPSA) is 277 Å². The molecular formula is C27H21ClN8O9S3. The fourth-order valence-electron chi connectivity index (χ4n) is 4.19. The zero-order valence-corrected chi connectivity index (χ0v) is 27.0. The Hall–Kier alpha value is -5.25. The van der Waals surface area contributed by atoms with Gasteiger partial charge in [-0.05, 0) is 77.7 Å². The molecule has 0 saturated carbocycles. The minimum atomic E-state index is -4.94. The lowest BCUT2D eigenvalue weighted by Crippen LogP contribution is -2.04. The Bertz CT molecular complexity index is 2460. The molecule has 1 heterocycles. The second-order valence-electron chi connectivity index (χ2n) is 9.61. The van der Waals surface area contributed by atoms with Crippen molar-refractivity contribution in [2.24, 2.45) is 10.2 Å². The number of hydrogen-bond donors (Lipinski definition) is 6. The summed E-state index contributed by atoms with van der Waals surface area (Å²) < 4.78 is 90.2. The van der Waals surface area contributed by atoms with Gasteiger partial charge in [0.2, 0.25) is 17.2 Å². The standard InChI is InChI=1S/C27H21ClN8O9S3/c1-2-46(38,39)18-9-7-16(8-10-18)31-27-33-25(28)32-26(34-27)30-15-3-5-17(6-4-15)35-36-24-22-14(12-21(23(24)29)48(43,44)45)11-19(13-20(22)37)47(40,41)42/h2-13,37H,1,29H2,(H,40,41,42)(H,43,44,45)(H2,30,31,32,33,34). The van der Waals surface area contributed by atoms with Gasteiger partial charge in [0.05, 0.1) is 26.6 Å². The number of rotatable bonds is 10. The number of phenols is 1. The summed E-state index contributed by atoms with van der Waals surface area (Å²) in [5, 5.41) is 24.6. The van der Waals surface area contributed by atoms with Gasteiger partial charge in [-0.25, -0.2) is 8.42 Å². The maximum atomic E-state index is 12.0. The number of fused-ring (bicyclic) bond motifs is 1. The second-order valence-corrected chi connectivity index (χ2v) is 14.7. The molecule has 21 heteroatoms. The third kappa shape index (κ3) is 7.48. The smallest absolute Gasteiger partial charge is 0.296 e. The second kappa shape index (κ2) is 12.7. The Morgan fingerprint density at radius 1 is 0.771 bits per heavy atom. The number of sulfone groups is 1. The van der Waals surface area contributed by atoms with E-state index in [0.717, 1.165) is 17.5 Å². The van der Waals surface area contributed by atoms with Crippen molar-refractivity contribution in [3.05, 3.63) is 84.0 Å². The number of aromatic hydroxyl groups is 1. The lowest BCUT2D eigenvalue weighted by atomic mass is 10.1. The van der Waals surface area contributed by atoms with Gasteiger partial charge in [-0.1, -0.05) is 6.58 Å². The Morgan fingerprint density at radius 2 is 1.33 bits per heavy atom. The number of halogens is 1. The van der Waals surface area contributed by atoms with Gasteiger partial charge in [-0.2, -0.15) is 36.9 Å². The first-order valence-corrected chi connectivity index (χ1v) is 17.7. The summed E-state index contributed by atoms with van der Waals surface area (Å²) >= 11 is 6.06. The van der Waals surface area contributed by atoms with Gasteiger partial charge in [0.25, 0.3) is 20.2 Å². The van der Waals surface area contributed by atoms with Crippen molar-refractivity contribution in [1.82, 2.24) is 15.0 Å². The largest absolute Gasteiger partial charge is 0.507 e. The van der Waals surface area contributed by atoms with Gasteiger partial charge >= 0.3 is 0 Å². The molecule has 1 aromatic heterocycles. The highest BCUT2D eigenvalue weighted by atomic mass is 35.5. The van der Waals surface area contributed by atoms with Crippen LogP contribution in [0.5, 0.6) is 5.75 Å². The molecule has 0 saturated heterocycles. The molecule has 5 aromatic rings. The van der Waals surface area contributed by atoms with Gasteiger partial charge in [0, 0.05) is 22.8 Å². The zero-order valence-electron chi connectivity index (χ0n) is 23.8. The molecule has 0 aliphatic carbocycles. The highest BCUT2D eigenvalue weighted by Crippen LogP contribution is 2.43.